The van der Waals surface area contributed by atoms with Crippen molar-refractivity contribution in [2.75, 3.05) is 19.6 Å². The Morgan fingerprint density at radius 2 is 1.55 bits per heavy atom. The van der Waals surface area contributed by atoms with Crippen LogP contribution in [0, 0.1) is 0 Å². The summed E-state index contributed by atoms with van der Waals surface area (Å²) in [4.78, 5) is 27.2. The molecule has 2 amide bonds. The summed E-state index contributed by atoms with van der Waals surface area (Å²) in [6.07, 6.45) is 2.29. The molecule has 1 atom stereocenters. The third-order valence-electron chi connectivity index (χ3n) is 5.82. The maximum atomic E-state index is 12.5. The Balaban J connectivity index is 1.44. The summed E-state index contributed by atoms with van der Waals surface area (Å²) < 4.78 is 0. The third kappa shape index (κ3) is 5.06. The molecule has 1 aliphatic rings. The number of hydrogen-bond donors (Lipinski definition) is 2. The fourth-order valence-electron chi connectivity index (χ4n) is 4.20. The van der Waals surface area contributed by atoms with Crippen LogP contribution in [0.5, 0.6) is 0 Å². The van der Waals surface area contributed by atoms with E-state index in [-0.39, 0.29) is 12.6 Å². The molecular formula is C25H26ClN3O2. The molecule has 5 nitrogen and oxygen atoms in total. The first-order chi connectivity index (χ1) is 15.1. The van der Waals surface area contributed by atoms with Crippen molar-refractivity contribution in [3.8, 4) is 0 Å². The number of benzene rings is 3. The second kappa shape index (κ2) is 9.94. The van der Waals surface area contributed by atoms with E-state index >= 15 is 0 Å². The van der Waals surface area contributed by atoms with Crippen LogP contribution >= 0.6 is 11.6 Å². The van der Waals surface area contributed by atoms with Gasteiger partial charge in [0.2, 0.25) is 0 Å². The molecule has 0 aliphatic carbocycles. The van der Waals surface area contributed by atoms with E-state index in [1.165, 1.54) is 16.3 Å². The van der Waals surface area contributed by atoms with Crippen molar-refractivity contribution in [2.24, 2.45) is 0 Å². The van der Waals surface area contributed by atoms with Gasteiger partial charge in [0.15, 0.2) is 0 Å². The smallest absolute Gasteiger partial charge is 0.309 e. The second-order valence-electron chi connectivity index (χ2n) is 7.81. The van der Waals surface area contributed by atoms with Gasteiger partial charge in [0.1, 0.15) is 0 Å². The number of halogens is 1. The molecule has 31 heavy (non-hydrogen) atoms. The quantitative estimate of drug-likeness (QED) is 0.574. The van der Waals surface area contributed by atoms with Crippen LogP contribution in [0.3, 0.4) is 0 Å². The zero-order valence-electron chi connectivity index (χ0n) is 17.3. The highest BCUT2D eigenvalue weighted by Gasteiger charge is 2.26. The van der Waals surface area contributed by atoms with Crippen LogP contribution in [-0.2, 0) is 16.1 Å². The summed E-state index contributed by atoms with van der Waals surface area (Å²) in [6.45, 7) is 2.57. The monoisotopic (exact) mass is 435 g/mol. The predicted octanol–water partition coefficient (Wildman–Crippen LogP) is 4.06. The van der Waals surface area contributed by atoms with Crippen molar-refractivity contribution in [3.63, 3.8) is 0 Å². The van der Waals surface area contributed by atoms with E-state index in [4.69, 9.17) is 11.6 Å². The van der Waals surface area contributed by atoms with E-state index in [9.17, 15) is 9.59 Å². The van der Waals surface area contributed by atoms with Crippen molar-refractivity contribution in [1.29, 1.82) is 0 Å². The van der Waals surface area contributed by atoms with Crippen molar-refractivity contribution in [1.82, 2.24) is 15.5 Å². The fourth-order valence-corrected chi connectivity index (χ4v) is 4.40. The number of nitrogens with one attached hydrogen (secondary N) is 2. The molecule has 4 rings (SSSR count). The van der Waals surface area contributed by atoms with Crippen LogP contribution in [-0.4, -0.2) is 36.3 Å². The van der Waals surface area contributed by atoms with Crippen LogP contribution in [0.25, 0.3) is 10.8 Å². The standard InChI is InChI=1S/C25H26ClN3O2/c26-22-13-4-2-9-19(22)16-27-24(30)25(31)28-17-23(29-14-5-6-15-29)21-12-7-10-18-8-1-3-11-20(18)21/h1-4,7-13,23H,5-6,14-17H2,(H,27,30)(H,28,31)/t23-/m1/s1. The zero-order valence-corrected chi connectivity index (χ0v) is 18.1. The van der Waals surface area contributed by atoms with Crippen LogP contribution in [0.15, 0.2) is 66.7 Å². The molecule has 1 aliphatic heterocycles. The van der Waals surface area contributed by atoms with Gasteiger partial charge in [-0.05, 0) is 53.9 Å². The largest absolute Gasteiger partial charge is 0.346 e. The van der Waals surface area contributed by atoms with Crippen LogP contribution < -0.4 is 10.6 Å². The minimum atomic E-state index is -0.655. The maximum Gasteiger partial charge on any atom is 0.309 e. The molecule has 3 aromatic carbocycles. The zero-order chi connectivity index (χ0) is 21.6. The van der Waals surface area contributed by atoms with Crippen LogP contribution in [0.2, 0.25) is 5.02 Å². The van der Waals surface area contributed by atoms with Crippen molar-refractivity contribution in [3.05, 3.63) is 82.9 Å². The molecule has 1 saturated heterocycles. The number of carbonyl (C=O) groups excluding carboxylic acids is 2. The third-order valence-corrected chi connectivity index (χ3v) is 6.19. The van der Waals surface area contributed by atoms with E-state index in [2.05, 4.69) is 45.9 Å². The van der Waals surface area contributed by atoms with Gasteiger partial charge in [-0.25, -0.2) is 0 Å². The first-order valence-electron chi connectivity index (χ1n) is 10.6. The Hall–Kier alpha value is -2.89. The molecule has 0 bridgehead atoms. The average molecular weight is 436 g/mol. The average Bonchev–Trinajstić information content (AvgIpc) is 3.33. The first-order valence-corrected chi connectivity index (χ1v) is 11.0. The molecule has 0 spiro atoms. The SMILES string of the molecule is O=C(NCc1ccccc1Cl)C(=O)NC[C@H](c1cccc2ccccc12)N1CCCC1. The van der Waals surface area contributed by atoms with Crippen molar-refractivity contribution < 1.29 is 9.59 Å². The molecule has 0 aromatic heterocycles. The number of hydrogen-bond acceptors (Lipinski definition) is 3. The summed E-state index contributed by atoms with van der Waals surface area (Å²) in [5.41, 5.74) is 1.95. The normalized spacial score (nSPS) is 15.0. The molecule has 6 heteroatoms. The Kier molecular flexibility index (Phi) is 6.85. The first kappa shape index (κ1) is 21.3. The fraction of sp³-hybridized carbons (Fsp3) is 0.280. The highest BCUT2D eigenvalue weighted by molar-refractivity contribution is 6.35. The minimum Gasteiger partial charge on any atom is -0.346 e. The lowest BCUT2D eigenvalue weighted by atomic mass is 9.97. The number of rotatable bonds is 6. The van der Waals surface area contributed by atoms with Gasteiger partial charge in [-0.1, -0.05) is 72.3 Å². The summed E-state index contributed by atoms with van der Waals surface area (Å²) in [5.74, 6) is -1.28. The molecule has 3 aromatic rings. The van der Waals surface area contributed by atoms with Gasteiger partial charge < -0.3 is 10.6 Å². The summed E-state index contributed by atoms with van der Waals surface area (Å²) in [5, 5.41) is 8.42. The van der Waals surface area contributed by atoms with Gasteiger partial charge in [0.25, 0.3) is 0 Å². The number of likely N-dealkylation sites (tertiary alicyclic amines) is 1. The Bertz CT molecular complexity index is 1070. The van der Waals surface area contributed by atoms with Gasteiger partial charge >= 0.3 is 11.8 Å². The molecule has 0 radical (unpaired) electrons. The molecular weight excluding hydrogens is 410 g/mol. The van der Waals surface area contributed by atoms with E-state index in [0.29, 0.717) is 11.6 Å². The Labute approximate surface area is 187 Å². The summed E-state index contributed by atoms with van der Waals surface area (Å²) >= 11 is 6.12. The molecule has 1 fully saturated rings. The molecule has 0 unspecified atom stereocenters. The predicted molar refractivity (Wildman–Crippen MR) is 124 cm³/mol. The molecule has 2 N–H and O–H groups in total. The summed E-state index contributed by atoms with van der Waals surface area (Å²) in [6, 6.07) is 21.8. The van der Waals surface area contributed by atoms with Gasteiger partial charge in [-0.15, -0.1) is 0 Å². The van der Waals surface area contributed by atoms with Crippen LogP contribution in [0.1, 0.15) is 30.0 Å². The molecule has 0 saturated carbocycles. The van der Waals surface area contributed by atoms with Gasteiger partial charge in [-0.2, -0.15) is 0 Å². The van der Waals surface area contributed by atoms with Crippen molar-refractivity contribution >= 4 is 34.2 Å². The topological polar surface area (TPSA) is 61.4 Å². The van der Waals surface area contributed by atoms with Crippen molar-refractivity contribution in [2.45, 2.75) is 25.4 Å². The van der Waals surface area contributed by atoms with Gasteiger partial charge in [-0.3, -0.25) is 14.5 Å². The van der Waals surface area contributed by atoms with Gasteiger partial charge in [0.05, 0.1) is 6.04 Å². The number of nitrogens with zero attached hydrogens (tertiary/aromatic N) is 1. The second-order valence-corrected chi connectivity index (χ2v) is 8.22. The molecule has 160 valence electrons. The lowest BCUT2D eigenvalue weighted by molar-refractivity contribution is -0.139. The minimum absolute atomic E-state index is 0.0221. The Morgan fingerprint density at radius 1 is 0.871 bits per heavy atom. The lowest BCUT2D eigenvalue weighted by Crippen LogP contribution is -2.43. The highest BCUT2D eigenvalue weighted by atomic mass is 35.5. The highest BCUT2D eigenvalue weighted by Crippen LogP contribution is 2.30. The van der Waals surface area contributed by atoms with Crippen LogP contribution in [0.4, 0.5) is 0 Å². The van der Waals surface area contributed by atoms with E-state index in [0.717, 1.165) is 31.5 Å². The van der Waals surface area contributed by atoms with E-state index in [1.807, 2.05) is 30.3 Å². The summed E-state index contributed by atoms with van der Waals surface area (Å²) in [7, 11) is 0. The number of fused-ring (bicyclic) bond motifs is 1. The number of carbonyl (C=O) groups is 2. The van der Waals surface area contributed by atoms with E-state index in [1.54, 1.807) is 6.07 Å². The molecule has 1 heterocycles. The van der Waals surface area contributed by atoms with Gasteiger partial charge in [0, 0.05) is 18.1 Å². The lowest BCUT2D eigenvalue weighted by Gasteiger charge is -2.29. The Morgan fingerprint density at radius 3 is 2.35 bits per heavy atom. The maximum absolute atomic E-state index is 12.5. The number of amides is 2. The van der Waals surface area contributed by atoms with E-state index < -0.39 is 11.8 Å².